The van der Waals surface area contributed by atoms with Gasteiger partial charge >= 0.3 is 0 Å². The van der Waals surface area contributed by atoms with Crippen molar-refractivity contribution in [3.05, 3.63) is 98.4 Å². The van der Waals surface area contributed by atoms with Gasteiger partial charge in [-0.3, -0.25) is 19.1 Å². The van der Waals surface area contributed by atoms with Crippen molar-refractivity contribution in [2.24, 2.45) is 0 Å². The molecule has 4 heterocycles. The summed E-state index contributed by atoms with van der Waals surface area (Å²) in [7, 11) is 0. The second kappa shape index (κ2) is 8.37. The molecule has 0 saturated carbocycles. The number of hydrogen-bond acceptors (Lipinski definition) is 6. The normalized spacial score (nSPS) is 11.0. The van der Waals surface area contributed by atoms with Crippen LogP contribution >= 0.6 is 22.9 Å². The first-order valence-electron chi connectivity index (χ1n) is 9.61. The molecular formula is C22H15ClN6O2S. The van der Waals surface area contributed by atoms with Gasteiger partial charge in [-0.15, -0.1) is 16.4 Å². The number of nitrogens with zero attached hydrogens (tertiary/aromatic N) is 5. The molecule has 158 valence electrons. The highest BCUT2D eigenvalue weighted by Gasteiger charge is 2.14. The third kappa shape index (κ3) is 3.79. The highest BCUT2D eigenvalue weighted by molar-refractivity contribution is 7.17. The summed E-state index contributed by atoms with van der Waals surface area (Å²) < 4.78 is 3.74. The Morgan fingerprint density at radius 1 is 1.06 bits per heavy atom. The minimum absolute atomic E-state index is 0.129. The van der Waals surface area contributed by atoms with Crippen molar-refractivity contribution < 1.29 is 4.79 Å². The summed E-state index contributed by atoms with van der Waals surface area (Å²) in [6.07, 6.45) is 5.15. The number of fused-ring (bicyclic) bond motifs is 1. The number of amides is 1. The van der Waals surface area contributed by atoms with Crippen LogP contribution in [-0.2, 0) is 6.54 Å². The molecule has 10 heteroatoms. The first kappa shape index (κ1) is 20.1. The van der Waals surface area contributed by atoms with Crippen molar-refractivity contribution in [1.29, 1.82) is 0 Å². The molecule has 1 amide bonds. The molecule has 0 aliphatic rings. The van der Waals surface area contributed by atoms with Crippen LogP contribution in [0.15, 0.2) is 78.0 Å². The molecule has 0 radical (unpaired) electrons. The zero-order valence-electron chi connectivity index (χ0n) is 16.5. The van der Waals surface area contributed by atoms with E-state index in [0.717, 1.165) is 11.1 Å². The zero-order valence-corrected chi connectivity index (χ0v) is 18.0. The van der Waals surface area contributed by atoms with E-state index in [4.69, 9.17) is 11.6 Å². The first-order chi connectivity index (χ1) is 15.6. The molecule has 0 aliphatic heterocycles. The molecule has 0 fully saturated rings. The summed E-state index contributed by atoms with van der Waals surface area (Å²) in [6, 6.07) is 15.8. The summed E-state index contributed by atoms with van der Waals surface area (Å²) in [5.41, 5.74) is 2.58. The maximum absolute atomic E-state index is 12.3. The van der Waals surface area contributed by atoms with Gasteiger partial charge < -0.3 is 5.32 Å². The average molecular weight is 463 g/mol. The topological polar surface area (TPSA) is 94.7 Å². The molecule has 0 unspecified atom stereocenters. The van der Waals surface area contributed by atoms with Crippen molar-refractivity contribution in [1.82, 2.24) is 29.9 Å². The number of nitrogens with one attached hydrogen (secondary N) is 1. The minimum Gasteiger partial charge on any atom is -0.346 e. The predicted octanol–water partition coefficient (Wildman–Crippen LogP) is 3.61. The van der Waals surface area contributed by atoms with Crippen molar-refractivity contribution in [3.63, 3.8) is 0 Å². The molecule has 8 nitrogen and oxygen atoms in total. The van der Waals surface area contributed by atoms with Crippen molar-refractivity contribution in [3.8, 4) is 11.4 Å². The van der Waals surface area contributed by atoms with E-state index in [1.54, 1.807) is 52.1 Å². The van der Waals surface area contributed by atoms with Crippen LogP contribution in [0.2, 0.25) is 4.34 Å². The van der Waals surface area contributed by atoms with E-state index in [9.17, 15) is 9.59 Å². The predicted molar refractivity (Wildman–Crippen MR) is 123 cm³/mol. The number of hydrogen-bond donors (Lipinski definition) is 1. The Balaban J connectivity index is 1.45. The monoisotopic (exact) mass is 462 g/mol. The van der Waals surface area contributed by atoms with Crippen LogP contribution in [0, 0.1) is 0 Å². The van der Waals surface area contributed by atoms with Crippen molar-refractivity contribution in [2.75, 3.05) is 0 Å². The van der Waals surface area contributed by atoms with Gasteiger partial charge in [0, 0.05) is 23.8 Å². The number of aromatic nitrogens is 5. The van der Waals surface area contributed by atoms with Crippen LogP contribution in [-0.4, -0.2) is 30.5 Å². The number of carbonyl (C=O) groups is 1. The van der Waals surface area contributed by atoms with E-state index in [-0.39, 0.29) is 18.0 Å². The molecule has 0 bridgehead atoms. The molecule has 32 heavy (non-hydrogen) atoms. The first-order valence-corrected chi connectivity index (χ1v) is 10.8. The molecule has 1 N–H and O–H groups in total. The molecular weight excluding hydrogens is 448 g/mol. The van der Waals surface area contributed by atoms with Gasteiger partial charge in [-0.05, 0) is 42.5 Å². The lowest BCUT2D eigenvalue weighted by molar-refractivity contribution is 0.0954. The van der Waals surface area contributed by atoms with Gasteiger partial charge in [0.1, 0.15) is 5.69 Å². The third-order valence-electron chi connectivity index (χ3n) is 4.82. The number of carbonyl (C=O) groups excluding carboxylic acids is 1. The maximum atomic E-state index is 12.3. The van der Waals surface area contributed by atoms with E-state index in [1.165, 1.54) is 17.4 Å². The molecule has 1 aromatic carbocycles. The SMILES string of the molecule is O=C(NCc1cn(-c2ccc(-n3ccccc3=O)c3cccnc23)nn1)c1ccc(Cl)s1. The number of rotatable bonds is 5. The largest absolute Gasteiger partial charge is 0.346 e. The molecule has 5 rings (SSSR count). The summed E-state index contributed by atoms with van der Waals surface area (Å²) in [5.74, 6) is -0.221. The van der Waals surface area contributed by atoms with Crippen molar-refractivity contribution in [2.45, 2.75) is 6.54 Å². The van der Waals surface area contributed by atoms with Gasteiger partial charge in [-0.2, -0.15) is 0 Å². The Hall–Kier alpha value is -3.82. The fourth-order valence-corrected chi connectivity index (χ4v) is 4.31. The fraction of sp³-hybridized carbons (Fsp3) is 0.0455. The summed E-state index contributed by atoms with van der Waals surface area (Å²) in [5, 5.41) is 12.0. The summed E-state index contributed by atoms with van der Waals surface area (Å²) in [6.45, 7) is 0.219. The second-order valence-corrected chi connectivity index (χ2v) is 8.57. The van der Waals surface area contributed by atoms with Gasteiger partial charge in [0.25, 0.3) is 11.5 Å². The van der Waals surface area contributed by atoms with Crippen molar-refractivity contribution >= 4 is 39.7 Å². The van der Waals surface area contributed by atoms with E-state index in [1.807, 2.05) is 24.3 Å². The second-order valence-electron chi connectivity index (χ2n) is 6.85. The molecule has 4 aromatic heterocycles. The number of benzene rings is 1. The van der Waals surface area contributed by atoms with Gasteiger partial charge in [-0.25, -0.2) is 4.68 Å². The van der Waals surface area contributed by atoms with Crippen LogP contribution < -0.4 is 10.9 Å². The van der Waals surface area contributed by atoms with Gasteiger partial charge in [0.15, 0.2) is 0 Å². The van der Waals surface area contributed by atoms with E-state index in [2.05, 4.69) is 20.6 Å². The van der Waals surface area contributed by atoms with Gasteiger partial charge in [0.2, 0.25) is 0 Å². The van der Waals surface area contributed by atoms with Gasteiger partial charge in [0.05, 0.1) is 38.8 Å². The third-order valence-corrected chi connectivity index (χ3v) is 6.05. The van der Waals surface area contributed by atoms with E-state index >= 15 is 0 Å². The van der Waals surface area contributed by atoms with E-state index in [0.29, 0.717) is 26.1 Å². The quantitative estimate of drug-likeness (QED) is 0.430. The molecule has 0 saturated heterocycles. The highest BCUT2D eigenvalue weighted by Crippen LogP contribution is 2.25. The number of pyridine rings is 2. The average Bonchev–Trinajstić information content (AvgIpc) is 3.46. The molecule has 0 aliphatic carbocycles. The molecule has 5 aromatic rings. The lowest BCUT2D eigenvalue weighted by atomic mass is 10.1. The maximum Gasteiger partial charge on any atom is 0.261 e. The zero-order chi connectivity index (χ0) is 22.1. The minimum atomic E-state index is -0.221. The van der Waals surface area contributed by atoms with Crippen LogP contribution in [0.25, 0.3) is 22.3 Å². The molecule has 0 spiro atoms. The smallest absolute Gasteiger partial charge is 0.261 e. The lowest BCUT2D eigenvalue weighted by Crippen LogP contribution is -2.21. The Bertz CT molecular complexity index is 1510. The number of halogens is 1. The standard InChI is InChI=1S/C22H15ClN6O2S/c23-19-9-8-18(32-19)22(31)25-12-14-13-29(27-26-14)17-7-6-16(15-4-3-10-24-21(15)17)28-11-2-1-5-20(28)30/h1-11,13H,12H2,(H,25,31). The lowest BCUT2D eigenvalue weighted by Gasteiger charge is -2.11. The van der Waals surface area contributed by atoms with Crippen LogP contribution in [0.5, 0.6) is 0 Å². The van der Waals surface area contributed by atoms with Crippen LogP contribution in [0.1, 0.15) is 15.4 Å². The Morgan fingerprint density at radius 2 is 1.94 bits per heavy atom. The summed E-state index contributed by atoms with van der Waals surface area (Å²) >= 11 is 7.10. The van der Waals surface area contributed by atoms with Gasteiger partial charge in [-0.1, -0.05) is 22.9 Å². The Kier molecular flexibility index (Phi) is 5.26. The van der Waals surface area contributed by atoms with Crippen LogP contribution in [0.4, 0.5) is 0 Å². The van der Waals surface area contributed by atoms with E-state index < -0.39 is 0 Å². The Morgan fingerprint density at radius 3 is 2.75 bits per heavy atom. The Labute approximate surface area is 190 Å². The highest BCUT2D eigenvalue weighted by atomic mass is 35.5. The van der Waals surface area contributed by atoms with Crippen LogP contribution in [0.3, 0.4) is 0 Å². The summed E-state index contributed by atoms with van der Waals surface area (Å²) in [4.78, 5) is 29.6. The fourth-order valence-electron chi connectivity index (χ4n) is 3.36. The number of thiophene rings is 1. The molecule has 0 atom stereocenters.